The minimum absolute atomic E-state index is 0.459. The number of hydrogen-bond donors (Lipinski definition) is 0. The first-order valence-electron chi connectivity index (χ1n) is 4.70. The number of nitrogens with zero attached hydrogens (tertiary/aromatic N) is 1. The third kappa shape index (κ3) is 1.24. The molecule has 0 amide bonds. The molecule has 0 spiro atoms. The summed E-state index contributed by atoms with van der Waals surface area (Å²) in [4.78, 5) is 2.39. The Morgan fingerprint density at radius 3 is 3.00 bits per heavy atom. The molecule has 0 bridgehead atoms. The van der Waals surface area contributed by atoms with Gasteiger partial charge in [0.1, 0.15) is 6.10 Å². The zero-order chi connectivity index (χ0) is 8.72. The summed E-state index contributed by atoms with van der Waals surface area (Å²) in [5.41, 5.74) is 0. The van der Waals surface area contributed by atoms with Crippen LogP contribution in [0.2, 0.25) is 0 Å². The maximum absolute atomic E-state index is 5.76. The van der Waals surface area contributed by atoms with Crippen LogP contribution in [0.3, 0.4) is 0 Å². The fraction of sp³-hybridized carbons (Fsp3) is 0.800. The van der Waals surface area contributed by atoms with Gasteiger partial charge in [-0.3, -0.25) is 0 Å². The summed E-state index contributed by atoms with van der Waals surface area (Å²) in [6.45, 7) is 6.67. The molecule has 2 nitrogen and oxygen atoms in total. The van der Waals surface area contributed by atoms with E-state index in [0.29, 0.717) is 17.9 Å². The van der Waals surface area contributed by atoms with Crippen molar-refractivity contribution in [2.75, 3.05) is 20.1 Å². The normalized spacial score (nSPS) is 41.9. The van der Waals surface area contributed by atoms with Crippen LogP contribution < -0.4 is 0 Å². The Hall–Kier alpha value is -0.500. The number of fused-ring (bicyclic) bond motifs is 1. The largest absolute Gasteiger partial charge is 0.494 e. The van der Waals surface area contributed by atoms with E-state index in [9.17, 15) is 0 Å². The van der Waals surface area contributed by atoms with Crippen LogP contribution in [0.25, 0.3) is 0 Å². The molecule has 2 aliphatic heterocycles. The molecule has 0 aromatic heterocycles. The zero-order valence-electron chi connectivity index (χ0n) is 8.08. The lowest BCUT2D eigenvalue weighted by Crippen LogP contribution is -2.44. The Morgan fingerprint density at radius 1 is 1.50 bits per heavy atom. The van der Waals surface area contributed by atoms with E-state index in [-0.39, 0.29) is 0 Å². The van der Waals surface area contributed by atoms with Gasteiger partial charge < -0.3 is 9.64 Å². The molecule has 1 saturated heterocycles. The van der Waals surface area contributed by atoms with Gasteiger partial charge in [-0.05, 0) is 20.0 Å². The number of piperidine rings is 1. The molecule has 2 aliphatic rings. The van der Waals surface area contributed by atoms with Gasteiger partial charge in [-0.15, -0.1) is 0 Å². The van der Waals surface area contributed by atoms with Crippen molar-refractivity contribution in [3.63, 3.8) is 0 Å². The molecule has 68 valence electrons. The molecular weight excluding hydrogens is 150 g/mol. The molecular formula is C10H17NO. The van der Waals surface area contributed by atoms with Crippen LogP contribution in [0.4, 0.5) is 0 Å². The lowest BCUT2D eigenvalue weighted by Gasteiger charge is -2.36. The second kappa shape index (κ2) is 2.77. The molecule has 0 saturated carbocycles. The summed E-state index contributed by atoms with van der Waals surface area (Å²) in [5, 5.41) is 0. The van der Waals surface area contributed by atoms with Crippen molar-refractivity contribution in [3.05, 3.63) is 11.8 Å². The third-order valence-corrected chi connectivity index (χ3v) is 2.88. The summed E-state index contributed by atoms with van der Waals surface area (Å²) in [6, 6.07) is 0. The smallest absolute Gasteiger partial charge is 0.110 e. The van der Waals surface area contributed by atoms with Gasteiger partial charge in [0, 0.05) is 24.9 Å². The number of likely N-dealkylation sites (tertiary alicyclic amines) is 1. The van der Waals surface area contributed by atoms with E-state index < -0.39 is 0 Å². The Labute approximate surface area is 74.2 Å². The van der Waals surface area contributed by atoms with Crippen LogP contribution in [0.1, 0.15) is 13.8 Å². The standard InChI is InChI=1S/C10H17NO/c1-7-5-11(3)6-9-4-8(2)12-10(7)9/h4,7,9-10H,5-6H2,1-3H3/t7-,9+,10-/m0/s1. The van der Waals surface area contributed by atoms with Crippen LogP contribution in [0, 0.1) is 11.8 Å². The predicted molar refractivity (Wildman–Crippen MR) is 48.8 cm³/mol. The molecule has 1 fully saturated rings. The van der Waals surface area contributed by atoms with Gasteiger partial charge in [-0.2, -0.15) is 0 Å². The lowest BCUT2D eigenvalue weighted by molar-refractivity contribution is 0.0116. The molecule has 2 heterocycles. The first kappa shape index (κ1) is 8.11. The zero-order valence-corrected chi connectivity index (χ0v) is 8.08. The van der Waals surface area contributed by atoms with Gasteiger partial charge in [-0.25, -0.2) is 0 Å². The first-order valence-corrected chi connectivity index (χ1v) is 4.70. The monoisotopic (exact) mass is 167 g/mol. The molecule has 0 unspecified atom stereocenters. The minimum Gasteiger partial charge on any atom is -0.494 e. The molecule has 2 rings (SSSR count). The maximum atomic E-state index is 5.76. The Bertz CT molecular complexity index is 212. The van der Waals surface area contributed by atoms with Crippen molar-refractivity contribution in [1.82, 2.24) is 4.90 Å². The van der Waals surface area contributed by atoms with E-state index >= 15 is 0 Å². The number of hydrogen-bond acceptors (Lipinski definition) is 2. The van der Waals surface area contributed by atoms with Crippen LogP contribution in [-0.2, 0) is 4.74 Å². The molecule has 12 heavy (non-hydrogen) atoms. The molecule has 2 heteroatoms. The predicted octanol–water partition coefficient (Wildman–Crippen LogP) is 1.49. The highest BCUT2D eigenvalue weighted by molar-refractivity contribution is 5.08. The number of allylic oxidation sites excluding steroid dienone is 1. The summed E-state index contributed by atoms with van der Waals surface area (Å²) in [6.07, 6.45) is 2.73. The Morgan fingerprint density at radius 2 is 2.25 bits per heavy atom. The number of rotatable bonds is 0. The molecule has 0 aromatic rings. The SMILES string of the molecule is CC1=C[C@@H]2CN(C)C[C@H](C)[C@@H]2O1. The van der Waals surface area contributed by atoms with E-state index in [1.807, 2.05) is 0 Å². The summed E-state index contributed by atoms with van der Waals surface area (Å²) >= 11 is 0. The quantitative estimate of drug-likeness (QED) is 0.542. The summed E-state index contributed by atoms with van der Waals surface area (Å²) in [7, 11) is 2.19. The molecule has 0 radical (unpaired) electrons. The fourth-order valence-electron chi connectivity index (χ4n) is 2.46. The minimum atomic E-state index is 0.459. The topological polar surface area (TPSA) is 12.5 Å². The third-order valence-electron chi connectivity index (χ3n) is 2.88. The Kier molecular flexibility index (Phi) is 1.87. The van der Waals surface area contributed by atoms with E-state index in [1.54, 1.807) is 0 Å². The lowest BCUT2D eigenvalue weighted by atomic mass is 9.88. The average molecular weight is 167 g/mol. The van der Waals surface area contributed by atoms with E-state index in [1.165, 1.54) is 6.54 Å². The van der Waals surface area contributed by atoms with E-state index in [0.717, 1.165) is 12.3 Å². The van der Waals surface area contributed by atoms with E-state index in [4.69, 9.17) is 4.74 Å². The van der Waals surface area contributed by atoms with Crippen molar-refractivity contribution in [1.29, 1.82) is 0 Å². The second-order valence-corrected chi connectivity index (χ2v) is 4.22. The fourth-order valence-corrected chi connectivity index (χ4v) is 2.46. The molecule has 3 atom stereocenters. The van der Waals surface area contributed by atoms with Gasteiger partial charge in [0.05, 0.1) is 5.76 Å². The first-order chi connectivity index (χ1) is 5.66. The van der Waals surface area contributed by atoms with Gasteiger partial charge in [-0.1, -0.05) is 6.92 Å². The van der Waals surface area contributed by atoms with Crippen LogP contribution in [-0.4, -0.2) is 31.1 Å². The summed E-state index contributed by atoms with van der Waals surface area (Å²) < 4.78 is 5.76. The second-order valence-electron chi connectivity index (χ2n) is 4.22. The van der Waals surface area contributed by atoms with Crippen molar-refractivity contribution < 1.29 is 4.74 Å². The van der Waals surface area contributed by atoms with Crippen LogP contribution in [0.5, 0.6) is 0 Å². The van der Waals surface area contributed by atoms with Crippen molar-refractivity contribution in [2.45, 2.75) is 20.0 Å². The molecule has 0 aliphatic carbocycles. The highest BCUT2D eigenvalue weighted by Gasteiger charge is 2.37. The van der Waals surface area contributed by atoms with Crippen molar-refractivity contribution in [2.24, 2.45) is 11.8 Å². The van der Waals surface area contributed by atoms with Crippen LogP contribution >= 0.6 is 0 Å². The number of ether oxygens (including phenoxy) is 1. The average Bonchev–Trinajstić information content (AvgIpc) is 2.29. The van der Waals surface area contributed by atoms with Gasteiger partial charge in [0.25, 0.3) is 0 Å². The van der Waals surface area contributed by atoms with Crippen molar-refractivity contribution in [3.8, 4) is 0 Å². The Balaban J connectivity index is 2.11. The van der Waals surface area contributed by atoms with Gasteiger partial charge >= 0.3 is 0 Å². The molecule has 0 N–H and O–H groups in total. The van der Waals surface area contributed by atoms with E-state index in [2.05, 4.69) is 31.9 Å². The van der Waals surface area contributed by atoms with Crippen LogP contribution in [0.15, 0.2) is 11.8 Å². The van der Waals surface area contributed by atoms with Gasteiger partial charge in [0.15, 0.2) is 0 Å². The van der Waals surface area contributed by atoms with Gasteiger partial charge in [0.2, 0.25) is 0 Å². The molecule has 0 aromatic carbocycles. The highest BCUT2D eigenvalue weighted by atomic mass is 16.5. The van der Waals surface area contributed by atoms with Crippen molar-refractivity contribution >= 4 is 0 Å². The summed E-state index contributed by atoms with van der Waals surface area (Å²) in [5.74, 6) is 2.42. The maximum Gasteiger partial charge on any atom is 0.110 e. The highest BCUT2D eigenvalue weighted by Crippen LogP contribution is 2.32.